The Morgan fingerprint density at radius 2 is 1.41 bits per heavy atom. The highest BCUT2D eigenvalue weighted by molar-refractivity contribution is 6.08. The van der Waals surface area contributed by atoms with Crippen LogP contribution in [0.3, 0.4) is 0 Å². The molecular formula is C41H52F2N10O11. The maximum Gasteiger partial charge on any atom is 0.320 e. The van der Waals surface area contributed by atoms with Crippen molar-refractivity contribution in [3.63, 3.8) is 0 Å². The number of nitrogens with one attached hydrogen (secondary N) is 1. The first-order chi connectivity index (χ1) is 30.3. The van der Waals surface area contributed by atoms with Crippen LogP contribution < -0.4 is 10.2 Å². The largest absolute Gasteiger partial charge is 0.480 e. The van der Waals surface area contributed by atoms with Crippen LogP contribution in [0.2, 0.25) is 0 Å². The van der Waals surface area contributed by atoms with Gasteiger partial charge in [0, 0.05) is 109 Å². The van der Waals surface area contributed by atoms with Gasteiger partial charge in [0.05, 0.1) is 37.3 Å². The van der Waals surface area contributed by atoms with E-state index in [9.17, 15) is 62.5 Å². The molecule has 4 N–H and O–H groups in total. The first-order valence-electron chi connectivity index (χ1n) is 20.7. The molecule has 3 fully saturated rings. The van der Waals surface area contributed by atoms with E-state index in [0.717, 1.165) is 4.90 Å². The van der Waals surface area contributed by atoms with E-state index in [-0.39, 0.29) is 122 Å². The van der Waals surface area contributed by atoms with Gasteiger partial charge in [0.1, 0.15) is 12.5 Å². The molecule has 2 atom stereocenters. The molecule has 5 rings (SSSR count). The second-order valence-corrected chi connectivity index (χ2v) is 15.9. The van der Waals surface area contributed by atoms with Crippen molar-refractivity contribution in [1.29, 1.82) is 0 Å². The maximum absolute atomic E-state index is 13.9. The van der Waals surface area contributed by atoms with Gasteiger partial charge in [-0.3, -0.25) is 67.8 Å². The number of pyridine rings is 1. The number of likely N-dealkylation sites (tertiary alicyclic amines) is 1. The summed E-state index contributed by atoms with van der Waals surface area (Å²) in [6, 6.07) is 5.05. The van der Waals surface area contributed by atoms with Crippen molar-refractivity contribution in [1.82, 2.24) is 39.7 Å². The van der Waals surface area contributed by atoms with E-state index in [1.807, 2.05) is 0 Å². The number of hydrogen-bond acceptors (Lipinski definition) is 12. The molecule has 1 aromatic carbocycles. The monoisotopic (exact) mass is 898 g/mol. The molecule has 21 nitrogen and oxygen atoms in total. The summed E-state index contributed by atoms with van der Waals surface area (Å²) in [6.45, 7) is 7.25. The summed E-state index contributed by atoms with van der Waals surface area (Å²) < 4.78 is 27.7. The van der Waals surface area contributed by atoms with Crippen molar-refractivity contribution in [3.05, 3.63) is 47.4 Å². The number of hydrogen-bond donors (Lipinski definition) is 4. The lowest BCUT2D eigenvalue weighted by atomic mass is 10.1. The van der Waals surface area contributed by atoms with Gasteiger partial charge >= 0.3 is 24.1 Å². The molecule has 3 aliphatic heterocycles. The molecule has 5 amide bonds. The SMILES string of the molecule is [C-]#[N+][C@@H]1CC(F)(F)CN1C(=O)CNC(=O)c1ccnc2ccc(N(C)C(=O)CCC(=O)N3CCN(C(=O)CC[C@H](C(=O)O)N4CCN(CC(=O)O)CCN(CC(=O)O)CC4)CC3)cc12. The van der Waals surface area contributed by atoms with Crippen LogP contribution in [-0.2, 0) is 33.6 Å². The number of fused-ring (bicyclic) bond motifs is 1. The highest BCUT2D eigenvalue weighted by Crippen LogP contribution is 2.32. The lowest BCUT2D eigenvalue weighted by Gasteiger charge is -2.35. The Hall–Kier alpha value is -6.38. The van der Waals surface area contributed by atoms with E-state index in [1.54, 1.807) is 42.7 Å². The molecular weight excluding hydrogens is 847 g/mol. The number of halogens is 2. The van der Waals surface area contributed by atoms with Crippen molar-refractivity contribution in [2.45, 2.75) is 50.2 Å². The number of anilines is 1. The molecule has 3 saturated heterocycles. The third kappa shape index (κ3) is 13.1. The lowest BCUT2D eigenvalue weighted by Crippen LogP contribution is -2.51. The predicted octanol–water partition coefficient (Wildman–Crippen LogP) is -0.186. The summed E-state index contributed by atoms with van der Waals surface area (Å²) in [5.74, 6) is -9.05. The van der Waals surface area contributed by atoms with E-state index in [2.05, 4.69) is 15.1 Å². The minimum atomic E-state index is -3.20. The summed E-state index contributed by atoms with van der Waals surface area (Å²) in [5, 5.41) is 31.6. The lowest BCUT2D eigenvalue weighted by molar-refractivity contribution is -0.145. The first kappa shape index (κ1) is 48.6. The Labute approximate surface area is 366 Å². The molecule has 0 unspecified atom stereocenters. The summed E-state index contributed by atoms with van der Waals surface area (Å²) in [5.41, 5.74) is 0.871. The minimum absolute atomic E-state index is 0.0417. The van der Waals surface area contributed by atoms with Crippen molar-refractivity contribution in [2.24, 2.45) is 0 Å². The van der Waals surface area contributed by atoms with Crippen molar-refractivity contribution in [3.8, 4) is 0 Å². The Morgan fingerprint density at radius 1 is 0.828 bits per heavy atom. The van der Waals surface area contributed by atoms with E-state index < -0.39 is 73.3 Å². The number of carbonyl (C=O) groups is 8. The number of aromatic nitrogens is 1. The van der Waals surface area contributed by atoms with Gasteiger partial charge in [-0.15, -0.1) is 0 Å². The molecule has 4 heterocycles. The van der Waals surface area contributed by atoms with Crippen LogP contribution in [-0.4, -0.2) is 214 Å². The highest BCUT2D eigenvalue weighted by Gasteiger charge is 2.50. The van der Waals surface area contributed by atoms with Gasteiger partial charge in [-0.25, -0.2) is 15.4 Å². The van der Waals surface area contributed by atoms with Crippen LogP contribution >= 0.6 is 0 Å². The summed E-state index contributed by atoms with van der Waals surface area (Å²) in [6.07, 6.45) is -1.17. The zero-order valence-electron chi connectivity index (χ0n) is 35.4. The molecule has 0 aliphatic carbocycles. The number of piperazine rings is 1. The number of carboxylic acid groups (broad SMARTS) is 3. The number of aliphatic carboxylic acids is 3. The van der Waals surface area contributed by atoms with Crippen molar-refractivity contribution < 1.29 is 62.5 Å². The molecule has 64 heavy (non-hydrogen) atoms. The van der Waals surface area contributed by atoms with E-state index in [0.29, 0.717) is 16.6 Å². The number of amides is 5. The number of nitrogens with zero attached hydrogens (tertiary/aromatic N) is 9. The smallest absolute Gasteiger partial charge is 0.320 e. The third-order valence-corrected chi connectivity index (χ3v) is 11.6. The average molecular weight is 899 g/mol. The van der Waals surface area contributed by atoms with Crippen molar-refractivity contribution in [2.75, 3.05) is 104 Å². The molecule has 23 heteroatoms. The van der Waals surface area contributed by atoms with Crippen LogP contribution in [0.15, 0.2) is 30.5 Å². The van der Waals surface area contributed by atoms with Crippen LogP contribution in [0.4, 0.5) is 14.5 Å². The number of benzene rings is 1. The third-order valence-electron chi connectivity index (χ3n) is 11.6. The Balaban J connectivity index is 1.10. The fourth-order valence-electron chi connectivity index (χ4n) is 8.00. The zero-order valence-corrected chi connectivity index (χ0v) is 35.4. The number of rotatable bonds is 16. The molecule has 2 aromatic rings. The highest BCUT2D eigenvalue weighted by atomic mass is 19.3. The van der Waals surface area contributed by atoms with Crippen LogP contribution in [0.5, 0.6) is 0 Å². The van der Waals surface area contributed by atoms with Gasteiger partial charge in [0.25, 0.3) is 11.8 Å². The predicted molar refractivity (Wildman–Crippen MR) is 222 cm³/mol. The Morgan fingerprint density at radius 3 is 1.97 bits per heavy atom. The molecule has 0 saturated carbocycles. The molecule has 346 valence electrons. The number of carbonyl (C=O) groups excluding carboxylic acids is 5. The summed E-state index contributed by atoms with van der Waals surface area (Å²) in [7, 11) is 1.50. The van der Waals surface area contributed by atoms with Crippen LogP contribution in [0.25, 0.3) is 15.7 Å². The van der Waals surface area contributed by atoms with Gasteiger partial charge in [0.15, 0.2) is 0 Å². The molecule has 0 spiro atoms. The quantitative estimate of drug-likeness (QED) is 0.160. The molecule has 0 radical (unpaired) electrons. The standard InChI is InChI=1S/C41H52F2N10O11/c1-44-32-22-41(42,43)26-53(32)36(57)23-46-39(62)28-9-10-45-30-4-3-27(21-29(28)30)47(2)33(54)7-8-35(56)52-19-17-51(18-20-52)34(55)6-5-31(40(63)64)50-15-13-48(24-37(58)59)11-12-49(14-16-50)25-38(60)61/h3-4,9-10,21,31-32H,5-8,11-20,22-26H2,2H3,(H,46,62)(H,58,59)(H,60,61)(H,63,64)/t31-,32+/m1/s1. The number of carboxylic acids is 3. The molecule has 3 aliphatic rings. The van der Waals surface area contributed by atoms with Crippen LogP contribution in [0.1, 0.15) is 42.5 Å². The van der Waals surface area contributed by atoms with E-state index in [1.165, 1.54) is 24.2 Å². The van der Waals surface area contributed by atoms with E-state index in [4.69, 9.17) is 6.57 Å². The fraction of sp³-hybridized carbons (Fsp3) is 0.561. The van der Waals surface area contributed by atoms with Gasteiger partial charge < -0.3 is 35.3 Å². The van der Waals surface area contributed by atoms with Crippen LogP contribution in [0, 0.1) is 6.57 Å². The zero-order chi connectivity index (χ0) is 46.7. The van der Waals surface area contributed by atoms with Crippen molar-refractivity contribution >= 4 is 64.0 Å². The normalized spacial score (nSPS) is 19.2. The average Bonchev–Trinajstić information content (AvgIpc) is 3.63. The Kier molecular flexibility index (Phi) is 16.6. The Bertz CT molecular complexity index is 2120. The molecule has 0 bridgehead atoms. The fourth-order valence-corrected chi connectivity index (χ4v) is 8.00. The first-order valence-corrected chi connectivity index (χ1v) is 20.7. The van der Waals surface area contributed by atoms with Gasteiger partial charge in [-0.05, 0) is 30.7 Å². The maximum atomic E-state index is 13.9. The van der Waals surface area contributed by atoms with Gasteiger partial charge in [-0.2, -0.15) is 0 Å². The molecule has 1 aromatic heterocycles. The second kappa shape index (κ2) is 21.8. The number of alkyl halides is 2. The topological polar surface area (TPSA) is 249 Å². The minimum Gasteiger partial charge on any atom is -0.480 e. The summed E-state index contributed by atoms with van der Waals surface area (Å²) in [4.78, 5) is 118. The van der Waals surface area contributed by atoms with E-state index >= 15 is 0 Å². The van der Waals surface area contributed by atoms with Gasteiger partial charge in [-0.1, -0.05) is 0 Å². The van der Waals surface area contributed by atoms with Gasteiger partial charge in [0.2, 0.25) is 23.6 Å². The second-order valence-electron chi connectivity index (χ2n) is 15.9. The summed E-state index contributed by atoms with van der Waals surface area (Å²) >= 11 is 0.